The minimum Gasteiger partial charge on any atom is -0.454 e. The van der Waals surface area contributed by atoms with Crippen LogP contribution in [0.25, 0.3) is 164 Å². The number of hydrogen-bond donors (Lipinski definition) is 5. The summed E-state index contributed by atoms with van der Waals surface area (Å²) in [6, 6.07) is 137. The summed E-state index contributed by atoms with van der Waals surface area (Å²) in [5.41, 5.74) is 26.2. The molecule has 0 spiro atoms. The van der Waals surface area contributed by atoms with Gasteiger partial charge < -0.3 is 48.7 Å². The van der Waals surface area contributed by atoms with Gasteiger partial charge in [0.25, 0.3) is 0 Å². The Morgan fingerprint density at radius 2 is 0.426 bits per heavy atom. The van der Waals surface area contributed by atoms with Crippen molar-refractivity contribution in [2.24, 2.45) is 0 Å². The molecule has 0 aliphatic rings. The number of nitrogens with one attached hydrogen (secondary N) is 5. The van der Waals surface area contributed by atoms with Crippen molar-refractivity contribution in [2.75, 3.05) is 26.6 Å². The van der Waals surface area contributed by atoms with E-state index >= 15 is 0 Å². The molecule has 25 aromatic rings. The minimum absolute atomic E-state index is 0. The number of fused-ring (bicyclic) bond motifs is 25. The fourth-order valence-corrected chi connectivity index (χ4v) is 19.5. The average Bonchev–Trinajstić information content (AvgIpc) is 1.50. The molecule has 20 aromatic carbocycles. The van der Waals surface area contributed by atoms with E-state index in [9.17, 15) is 0 Å². The molecular formula is C126H109N5O5. The number of benzene rings is 20. The highest BCUT2D eigenvalue weighted by Gasteiger charge is 2.27. The summed E-state index contributed by atoms with van der Waals surface area (Å²) in [5, 5.41) is 42.0. The Morgan fingerprint density at radius 1 is 0.206 bits per heavy atom. The van der Waals surface area contributed by atoms with Gasteiger partial charge in [-0.05, 0) is 235 Å². The zero-order valence-corrected chi connectivity index (χ0v) is 77.0. The lowest BCUT2D eigenvalue weighted by Gasteiger charge is -2.20. The van der Waals surface area contributed by atoms with Gasteiger partial charge in [-0.3, -0.25) is 0 Å². The molecule has 0 aliphatic heterocycles. The smallest absolute Gasteiger partial charge is 0.158 e. The molecule has 0 saturated carbocycles. The molecule has 668 valence electrons. The van der Waals surface area contributed by atoms with Crippen LogP contribution in [0.3, 0.4) is 0 Å². The first-order valence-electron chi connectivity index (χ1n) is 47.3. The molecule has 0 fully saturated rings. The molecule has 5 N–H and O–H groups in total. The number of furan rings is 5. The maximum atomic E-state index is 6.56. The fourth-order valence-electron chi connectivity index (χ4n) is 19.5. The van der Waals surface area contributed by atoms with E-state index in [2.05, 4.69) is 378 Å². The van der Waals surface area contributed by atoms with Crippen molar-refractivity contribution >= 4 is 220 Å². The van der Waals surface area contributed by atoms with Crippen LogP contribution in [-0.4, -0.2) is 0 Å². The monoisotopic (exact) mass is 1770 g/mol. The average molecular weight is 1770 g/mol. The van der Waals surface area contributed by atoms with E-state index in [0.29, 0.717) is 0 Å². The lowest BCUT2D eigenvalue weighted by atomic mass is 9.84. The van der Waals surface area contributed by atoms with E-state index in [1.165, 1.54) is 132 Å². The maximum absolute atomic E-state index is 6.56. The summed E-state index contributed by atoms with van der Waals surface area (Å²) in [6.45, 7) is 15.5. The van der Waals surface area contributed by atoms with E-state index in [-0.39, 0.29) is 12.8 Å². The third kappa shape index (κ3) is 17.2. The third-order valence-corrected chi connectivity index (χ3v) is 25.9. The largest absolute Gasteiger partial charge is 0.454 e. The van der Waals surface area contributed by atoms with Crippen molar-refractivity contribution in [1.29, 1.82) is 0 Å². The molecule has 0 bridgehead atoms. The third-order valence-electron chi connectivity index (χ3n) is 25.9. The van der Waals surface area contributed by atoms with Gasteiger partial charge in [0.15, 0.2) is 27.9 Å². The summed E-state index contributed by atoms with van der Waals surface area (Å²) in [4.78, 5) is 0. The van der Waals surface area contributed by atoms with E-state index in [4.69, 9.17) is 22.1 Å². The normalized spacial score (nSPS) is 11.5. The van der Waals surface area contributed by atoms with Gasteiger partial charge in [-0.2, -0.15) is 0 Å². The summed E-state index contributed by atoms with van der Waals surface area (Å²) >= 11 is 0. The van der Waals surface area contributed by atoms with Crippen molar-refractivity contribution in [2.45, 2.75) is 106 Å². The van der Waals surface area contributed by atoms with E-state index < -0.39 is 0 Å². The number of unbranched alkanes of at least 4 members (excludes halogenated alkanes) is 1. The zero-order chi connectivity index (χ0) is 91.5. The van der Waals surface area contributed by atoms with Crippen LogP contribution < -0.4 is 26.6 Å². The molecule has 5 aromatic heterocycles. The summed E-state index contributed by atoms with van der Waals surface area (Å²) in [7, 11) is 0. The zero-order valence-electron chi connectivity index (χ0n) is 77.0. The van der Waals surface area contributed by atoms with Crippen LogP contribution in [0.2, 0.25) is 0 Å². The second-order valence-corrected chi connectivity index (χ2v) is 35.9. The summed E-state index contributed by atoms with van der Waals surface area (Å²) in [5.74, 6) is 0. The molecule has 5 heterocycles. The van der Waals surface area contributed by atoms with Crippen LogP contribution in [0.5, 0.6) is 0 Å². The van der Waals surface area contributed by atoms with Crippen molar-refractivity contribution < 1.29 is 22.1 Å². The highest BCUT2D eigenvalue weighted by Crippen LogP contribution is 2.49. The Hall–Kier alpha value is -16.3. The van der Waals surface area contributed by atoms with Gasteiger partial charge >= 0.3 is 0 Å². The molecule has 10 nitrogen and oxygen atoms in total. The highest BCUT2D eigenvalue weighted by atomic mass is 16.3. The van der Waals surface area contributed by atoms with Crippen LogP contribution in [0.4, 0.5) is 56.9 Å². The summed E-state index contributed by atoms with van der Waals surface area (Å²) < 4.78 is 32.4. The Balaban J connectivity index is 0.000000105. The Kier molecular flexibility index (Phi) is 24.8. The minimum atomic E-state index is -0.0107. The first-order valence-corrected chi connectivity index (χ1v) is 47.3. The number of hydrogen-bond acceptors (Lipinski definition) is 10. The van der Waals surface area contributed by atoms with Gasteiger partial charge in [-0.15, -0.1) is 0 Å². The molecule has 136 heavy (non-hydrogen) atoms. The topological polar surface area (TPSA) is 126 Å². The SMILES string of the molecule is C.CC(C)(C)c1cc2ccccc2c2c1oc1c(Nc3ccccc3)cccc12.CCCCc1cc2ccccc2c2c1oc1c(Nc3ccccc3)cccc12.CCCc1cc2ccccc2c2c1oc1c(Nc3ccccc3)cccc12.CCc1cc2ccccc2c2c1oc1c(Nc3ccccc3)cccc12.CCc1cc2ccccc2c2c1oc1c(Nc3ccccc3)cccc12. The Bertz CT molecular complexity index is 8440. The van der Waals surface area contributed by atoms with Gasteiger partial charge in [0.2, 0.25) is 0 Å². The van der Waals surface area contributed by atoms with Crippen LogP contribution in [0.15, 0.2) is 416 Å². The van der Waals surface area contributed by atoms with E-state index in [1.807, 2.05) is 91.0 Å². The first-order chi connectivity index (χ1) is 66.4. The van der Waals surface area contributed by atoms with Crippen molar-refractivity contribution in [3.63, 3.8) is 0 Å². The second-order valence-electron chi connectivity index (χ2n) is 35.9. The number of rotatable bonds is 17. The first kappa shape index (κ1) is 87.7. The molecule has 0 aliphatic carbocycles. The molecule has 0 unspecified atom stereocenters. The quantitative estimate of drug-likeness (QED) is 0.0602. The van der Waals surface area contributed by atoms with Crippen molar-refractivity contribution in [1.82, 2.24) is 0 Å². The standard InChI is InChI=1S/2C26H23NO.C25H21NO.2C24H19NO.CH4/c1-26(2,3)21-16-17-10-7-8-13-19(17)23-20-14-9-15-22(24(20)28-25(21)23)27-18-11-5-4-6-12-18;1-2-3-10-19-17-18-11-7-8-14-21(18)24-22-15-9-16-23(26(22)28-25(19)24)27-20-12-5-4-6-13-20;1-2-9-18-16-17-10-6-7-13-20(17)23-21-14-8-15-22(25(21)27-24(18)23)26-19-11-4-3-5-12-19;2*1-2-16-15-17-9-6-7-12-19(17)22-20-13-8-14-21(24(20)26-23(16)22)25-18-10-4-3-5-11-18;/h4-16,27H,1-3H3;4-9,11-17,27H,2-3,10H2,1H3;3-8,10-16,26H,2,9H2,1H3;2*3-15,25H,2H2,1H3;1H4. The van der Waals surface area contributed by atoms with Gasteiger partial charge in [0.1, 0.15) is 27.9 Å². The highest BCUT2D eigenvalue weighted by molar-refractivity contribution is 6.26. The van der Waals surface area contributed by atoms with Gasteiger partial charge in [0.05, 0.1) is 28.4 Å². The lowest BCUT2D eigenvalue weighted by molar-refractivity contribution is 0.574. The van der Waals surface area contributed by atoms with Crippen molar-refractivity contribution in [3.8, 4) is 0 Å². The molecule has 25 rings (SSSR count). The molecule has 0 atom stereocenters. The Morgan fingerprint density at radius 3 is 0.684 bits per heavy atom. The van der Waals surface area contributed by atoms with Gasteiger partial charge in [0, 0.05) is 87.9 Å². The van der Waals surface area contributed by atoms with Crippen LogP contribution in [-0.2, 0) is 31.1 Å². The fraction of sp³-hybridized carbons (Fsp3) is 0.127. The second kappa shape index (κ2) is 38.5. The van der Waals surface area contributed by atoms with E-state index in [1.54, 1.807) is 0 Å². The molecule has 0 amide bonds. The molecule has 10 heteroatoms. The Labute approximate surface area is 792 Å². The molecular weight excluding hydrogens is 1660 g/mol. The van der Waals surface area contributed by atoms with E-state index in [0.717, 1.165) is 161 Å². The number of para-hydroxylation sites is 10. The van der Waals surface area contributed by atoms with Crippen molar-refractivity contribution in [3.05, 3.63) is 422 Å². The van der Waals surface area contributed by atoms with Crippen LogP contribution >= 0.6 is 0 Å². The maximum Gasteiger partial charge on any atom is 0.158 e. The molecule has 0 radical (unpaired) electrons. The summed E-state index contributed by atoms with van der Waals surface area (Å²) in [6.07, 6.45) is 7.39. The number of anilines is 10. The lowest BCUT2D eigenvalue weighted by Crippen LogP contribution is -2.11. The van der Waals surface area contributed by atoms with Gasteiger partial charge in [-0.25, -0.2) is 0 Å². The predicted molar refractivity (Wildman–Crippen MR) is 582 cm³/mol. The molecule has 0 saturated heterocycles. The predicted octanol–water partition coefficient (Wildman–Crippen LogP) is 37.8. The van der Waals surface area contributed by atoms with Gasteiger partial charge in [-0.1, -0.05) is 342 Å². The number of aryl methyl sites for hydroxylation is 4. The van der Waals surface area contributed by atoms with Crippen LogP contribution in [0.1, 0.15) is 103 Å². The van der Waals surface area contributed by atoms with Crippen LogP contribution in [0, 0.1) is 0 Å².